The molecule has 3 aromatic rings. The summed E-state index contributed by atoms with van der Waals surface area (Å²) in [6.45, 7) is 5.38. The number of nitrogens with zero attached hydrogens (tertiary/aromatic N) is 4. The van der Waals surface area contributed by atoms with E-state index in [0.717, 1.165) is 18.5 Å². The van der Waals surface area contributed by atoms with E-state index < -0.39 is 0 Å². The van der Waals surface area contributed by atoms with Crippen LogP contribution in [0.1, 0.15) is 29.3 Å². The molecule has 0 saturated heterocycles. The first-order chi connectivity index (χ1) is 13.1. The van der Waals surface area contributed by atoms with Gasteiger partial charge in [-0.15, -0.1) is 10.2 Å². The van der Waals surface area contributed by atoms with Gasteiger partial charge in [0.2, 0.25) is 0 Å². The van der Waals surface area contributed by atoms with E-state index in [9.17, 15) is 4.79 Å². The van der Waals surface area contributed by atoms with Crippen molar-refractivity contribution in [3.8, 4) is 17.3 Å². The highest BCUT2D eigenvalue weighted by atomic mass is 16.5. The molecule has 1 aromatic carbocycles. The number of carbonyl (C=O) groups excluding carboxylic acids is 1. The molecule has 0 radical (unpaired) electrons. The minimum absolute atomic E-state index is 0.246. The zero-order valence-electron chi connectivity index (χ0n) is 15.3. The molecule has 0 spiro atoms. The third-order valence-corrected chi connectivity index (χ3v) is 4.60. The maximum absolute atomic E-state index is 12.8. The summed E-state index contributed by atoms with van der Waals surface area (Å²) in [4.78, 5) is 17.4. The normalized spacial score (nSPS) is 17.1. The second-order valence-electron chi connectivity index (χ2n) is 6.91. The van der Waals surface area contributed by atoms with Crippen molar-refractivity contribution >= 4 is 11.7 Å². The molecule has 2 aromatic heterocycles. The van der Waals surface area contributed by atoms with Crippen LogP contribution in [0.5, 0.6) is 5.75 Å². The SMILES string of the molecule is Cc1ccc2c(c1)C(=O)Nc1cccc(n1)-c1nncn1CC[C@H](C)CO2. The number of amides is 1. The van der Waals surface area contributed by atoms with Crippen LogP contribution < -0.4 is 10.1 Å². The van der Waals surface area contributed by atoms with E-state index in [2.05, 4.69) is 27.4 Å². The minimum atomic E-state index is -0.246. The summed E-state index contributed by atoms with van der Waals surface area (Å²) in [5.74, 6) is 1.80. The van der Waals surface area contributed by atoms with Crippen LogP contribution in [-0.2, 0) is 6.54 Å². The van der Waals surface area contributed by atoms with Gasteiger partial charge in [-0.1, -0.05) is 24.6 Å². The molecular weight excluding hydrogens is 342 g/mol. The van der Waals surface area contributed by atoms with E-state index in [4.69, 9.17) is 4.74 Å². The summed E-state index contributed by atoms with van der Waals surface area (Å²) in [6, 6.07) is 11.1. The lowest BCUT2D eigenvalue weighted by molar-refractivity contribution is 0.102. The molecule has 0 saturated carbocycles. The summed E-state index contributed by atoms with van der Waals surface area (Å²) in [7, 11) is 0. The molecule has 7 heteroatoms. The Morgan fingerprint density at radius 3 is 3.04 bits per heavy atom. The Morgan fingerprint density at radius 2 is 2.15 bits per heavy atom. The van der Waals surface area contributed by atoms with Gasteiger partial charge in [0.25, 0.3) is 5.91 Å². The Hall–Kier alpha value is -3.22. The Kier molecular flexibility index (Phi) is 4.58. The maximum atomic E-state index is 12.8. The molecule has 1 amide bonds. The number of hydrogen-bond donors (Lipinski definition) is 1. The van der Waals surface area contributed by atoms with E-state index in [1.807, 2.05) is 41.8 Å². The summed E-state index contributed by atoms with van der Waals surface area (Å²) < 4.78 is 7.95. The largest absolute Gasteiger partial charge is 0.492 e. The van der Waals surface area contributed by atoms with E-state index >= 15 is 0 Å². The zero-order chi connectivity index (χ0) is 18.8. The third kappa shape index (κ3) is 3.67. The van der Waals surface area contributed by atoms with Crippen molar-refractivity contribution in [1.82, 2.24) is 19.7 Å². The molecule has 1 atom stereocenters. The molecule has 138 valence electrons. The Labute approximate surface area is 157 Å². The van der Waals surface area contributed by atoms with Crippen molar-refractivity contribution in [2.24, 2.45) is 5.92 Å². The summed E-state index contributed by atoms with van der Waals surface area (Å²) in [6.07, 6.45) is 2.61. The lowest BCUT2D eigenvalue weighted by Gasteiger charge is -2.17. The summed E-state index contributed by atoms with van der Waals surface area (Å²) >= 11 is 0. The number of aromatic nitrogens is 4. The molecule has 0 aliphatic carbocycles. The van der Waals surface area contributed by atoms with Crippen molar-refractivity contribution in [3.63, 3.8) is 0 Å². The van der Waals surface area contributed by atoms with E-state index in [1.54, 1.807) is 12.4 Å². The standard InChI is InChI=1S/C20H21N5O2/c1-13-6-7-17-15(10-13)20(26)23-18-5-3-4-16(22-18)19-24-21-12-25(19)9-8-14(2)11-27-17/h3-7,10,12,14H,8-9,11H2,1-2H3,(H,22,23,26)/t14-/m0/s1. The number of hydrogen-bond acceptors (Lipinski definition) is 5. The molecule has 7 nitrogen and oxygen atoms in total. The highest BCUT2D eigenvalue weighted by molar-refractivity contribution is 6.06. The molecular formula is C20H21N5O2. The first kappa shape index (κ1) is 17.2. The minimum Gasteiger partial charge on any atom is -0.492 e. The molecule has 0 fully saturated rings. The number of anilines is 1. The average Bonchev–Trinajstić information content (AvgIpc) is 3.13. The number of carbonyl (C=O) groups is 1. The lowest BCUT2D eigenvalue weighted by atomic mass is 10.1. The van der Waals surface area contributed by atoms with Crippen LogP contribution in [0.4, 0.5) is 5.82 Å². The van der Waals surface area contributed by atoms with Crippen LogP contribution in [0.25, 0.3) is 11.5 Å². The Morgan fingerprint density at radius 1 is 1.26 bits per heavy atom. The van der Waals surface area contributed by atoms with Crippen molar-refractivity contribution < 1.29 is 9.53 Å². The summed E-state index contributed by atoms with van der Waals surface area (Å²) in [5.41, 5.74) is 2.18. The lowest BCUT2D eigenvalue weighted by Crippen LogP contribution is -2.18. The fraction of sp³-hybridized carbons (Fsp3) is 0.300. The topological polar surface area (TPSA) is 81.9 Å². The first-order valence-electron chi connectivity index (χ1n) is 9.00. The van der Waals surface area contributed by atoms with Gasteiger partial charge in [-0.25, -0.2) is 4.98 Å². The van der Waals surface area contributed by atoms with Gasteiger partial charge in [-0.3, -0.25) is 4.79 Å². The first-order valence-corrected chi connectivity index (χ1v) is 9.00. The number of pyridine rings is 1. The van der Waals surface area contributed by atoms with Gasteiger partial charge in [0.05, 0.1) is 12.2 Å². The van der Waals surface area contributed by atoms with Crippen molar-refractivity contribution in [2.45, 2.75) is 26.8 Å². The van der Waals surface area contributed by atoms with Gasteiger partial charge in [0.15, 0.2) is 5.82 Å². The average molecular weight is 363 g/mol. The predicted octanol–water partition coefficient (Wildman–Crippen LogP) is 3.32. The van der Waals surface area contributed by atoms with Crippen LogP contribution in [0.2, 0.25) is 0 Å². The van der Waals surface area contributed by atoms with Crippen molar-refractivity contribution in [1.29, 1.82) is 0 Å². The van der Waals surface area contributed by atoms with Gasteiger partial charge in [0, 0.05) is 6.54 Å². The number of rotatable bonds is 0. The second-order valence-corrected chi connectivity index (χ2v) is 6.91. The fourth-order valence-electron chi connectivity index (χ4n) is 3.05. The van der Waals surface area contributed by atoms with Gasteiger partial charge in [-0.05, 0) is 43.5 Å². The smallest absolute Gasteiger partial charge is 0.260 e. The molecule has 3 heterocycles. The molecule has 1 N–H and O–H groups in total. The van der Waals surface area contributed by atoms with Crippen molar-refractivity contribution in [3.05, 3.63) is 53.9 Å². The molecule has 1 aliphatic rings. The second kappa shape index (κ2) is 7.19. The quantitative estimate of drug-likeness (QED) is 0.662. The number of benzene rings is 1. The fourth-order valence-corrected chi connectivity index (χ4v) is 3.05. The van der Waals surface area contributed by atoms with Gasteiger partial charge in [-0.2, -0.15) is 0 Å². The molecule has 2 bridgehead atoms. The van der Waals surface area contributed by atoms with Crippen LogP contribution in [0, 0.1) is 12.8 Å². The highest BCUT2D eigenvalue weighted by Crippen LogP contribution is 2.24. The van der Waals surface area contributed by atoms with Gasteiger partial charge >= 0.3 is 0 Å². The van der Waals surface area contributed by atoms with Crippen LogP contribution >= 0.6 is 0 Å². The van der Waals surface area contributed by atoms with Crippen LogP contribution in [0.15, 0.2) is 42.7 Å². The van der Waals surface area contributed by atoms with Crippen LogP contribution in [0.3, 0.4) is 0 Å². The van der Waals surface area contributed by atoms with Crippen molar-refractivity contribution in [2.75, 3.05) is 11.9 Å². The number of fused-ring (bicyclic) bond motifs is 5. The van der Waals surface area contributed by atoms with Crippen LogP contribution in [-0.4, -0.2) is 32.3 Å². The molecule has 0 unspecified atom stereocenters. The third-order valence-electron chi connectivity index (χ3n) is 4.60. The Bertz CT molecular complexity index is 982. The zero-order valence-corrected chi connectivity index (χ0v) is 15.3. The predicted molar refractivity (Wildman–Crippen MR) is 102 cm³/mol. The number of ether oxygens (including phenoxy) is 1. The molecule has 1 aliphatic heterocycles. The number of aryl methyl sites for hydroxylation is 2. The van der Waals surface area contributed by atoms with E-state index in [1.165, 1.54) is 0 Å². The van der Waals surface area contributed by atoms with Gasteiger partial charge < -0.3 is 14.6 Å². The monoisotopic (exact) mass is 363 g/mol. The summed E-state index contributed by atoms with van der Waals surface area (Å²) in [5, 5.41) is 11.1. The highest BCUT2D eigenvalue weighted by Gasteiger charge is 2.17. The molecule has 27 heavy (non-hydrogen) atoms. The van der Waals surface area contributed by atoms with Gasteiger partial charge in [0.1, 0.15) is 23.6 Å². The van der Waals surface area contributed by atoms with E-state index in [0.29, 0.717) is 41.2 Å². The number of nitrogens with one attached hydrogen (secondary N) is 1. The Balaban J connectivity index is 1.76. The van der Waals surface area contributed by atoms with E-state index in [-0.39, 0.29) is 5.91 Å². The maximum Gasteiger partial charge on any atom is 0.260 e. The molecule has 4 rings (SSSR count).